The molecule has 118 valence electrons. The molecule has 2 nitrogen and oxygen atoms in total. The molecule has 0 heterocycles. The molecule has 2 rings (SSSR count). The van der Waals surface area contributed by atoms with Crippen LogP contribution in [-0.4, -0.2) is 6.10 Å². The normalized spacial score (nSPS) is 27.7. The SMILES string of the molecule is CC1CCC(C(C)C)C(Oc2ccc(C(C)N)cc2Br)C1. The van der Waals surface area contributed by atoms with Crippen molar-refractivity contribution < 1.29 is 4.74 Å². The van der Waals surface area contributed by atoms with Gasteiger partial charge in [-0.1, -0.05) is 33.3 Å². The molecule has 1 aromatic carbocycles. The van der Waals surface area contributed by atoms with Crippen LogP contribution in [0.3, 0.4) is 0 Å². The molecule has 0 bridgehead atoms. The zero-order chi connectivity index (χ0) is 15.6. The molecule has 0 amide bonds. The molecular formula is C18H28BrNO. The minimum absolute atomic E-state index is 0.0495. The molecule has 1 aliphatic rings. The summed E-state index contributed by atoms with van der Waals surface area (Å²) in [5, 5.41) is 0. The van der Waals surface area contributed by atoms with Gasteiger partial charge >= 0.3 is 0 Å². The second-order valence-corrected chi connectivity index (χ2v) is 7.82. The summed E-state index contributed by atoms with van der Waals surface area (Å²) in [5.74, 6) is 3.03. The Bertz CT molecular complexity index is 472. The molecular weight excluding hydrogens is 326 g/mol. The van der Waals surface area contributed by atoms with E-state index < -0.39 is 0 Å². The molecule has 4 unspecified atom stereocenters. The van der Waals surface area contributed by atoms with E-state index in [1.807, 2.05) is 6.92 Å². The van der Waals surface area contributed by atoms with Crippen molar-refractivity contribution in [3.05, 3.63) is 28.2 Å². The van der Waals surface area contributed by atoms with Crippen LogP contribution in [0.2, 0.25) is 0 Å². The molecule has 3 heteroatoms. The monoisotopic (exact) mass is 353 g/mol. The van der Waals surface area contributed by atoms with Crippen LogP contribution in [0.15, 0.2) is 22.7 Å². The first-order valence-corrected chi connectivity index (χ1v) is 8.89. The molecule has 1 aromatic rings. The van der Waals surface area contributed by atoms with Crippen LogP contribution in [0.1, 0.15) is 58.6 Å². The van der Waals surface area contributed by atoms with Crippen LogP contribution in [0.25, 0.3) is 0 Å². The van der Waals surface area contributed by atoms with Gasteiger partial charge < -0.3 is 10.5 Å². The summed E-state index contributed by atoms with van der Waals surface area (Å²) in [5.41, 5.74) is 7.07. The van der Waals surface area contributed by atoms with E-state index in [1.54, 1.807) is 0 Å². The number of hydrogen-bond donors (Lipinski definition) is 1. The fraction of sp³-hybridized carbons (Fsp3) is 0.667. The van der Waals surface area contributed by atoms with E-state index in [9.17, 15) is 0 Å². The quantitative estimate of drug-likeness (QED) is 0.795. The predicted molar refractivity (Wildman–Crippen MR) is 92.5 cm³/mol. The Balaban J connectivity index is 2.15. The van der Waals surface area contributed by atoms with E-state index in [0.29, 0.717) is 17.9 Å². The highest BCUT2D eigenvalue weighted by Crippen LogP contribution is 2.38. The van der Waals surface area contributed by atoms with E-state index in [-0.39, 0.29) is 6.04 Å². The Morgan fingerprint density at radius 3 is 2.52 bits per heavy atom. The van der Waals surface area contributed by atoms with Gasteiger partial charge in [0.15, 0.2) is 0 Å². The average Bonchev–Trinajstić information content (AvgIpc) is 2.40. The molecule has 21 heavy (non-hydrogen) atoms. The van der Waals surface area contributed by atoms with Crippen molar-refractivity contribution in [2.75, 3.05) is 0 Å². The lowest BCUT2D eigenvalue weighted by atomic mass is 9.75. The topological polar surface area (TPSA) is 35.2 Å². The zero-order valence-corrected chi connectivity index (χ0v) is 15.2. The fourth-order valence-corrected chi connectivity index (χ4v) is 3.80. The molecule has 0 aromatic heterocycles. The van der Waals surface area contributed by atoms with Gasteiger partial charge in [-0.15, -0.1) is 0 Å². The van der Waals surface area contributed by atoms with Crippen molar-refractivity contribution >= 4 is 15.9 Å². The number of halogens is 1. The summed E-state index contributed by atoms with van der Waals surface area (Å²) in [7, 11) is 0. The maximum absolute atomic E-state index is 6.38. The Kier molecular flexibility index (Phi) is 5.73. The standard InChI is InChI=1S/C18H28BrNO/c1-11(2)15-7-5-12(3)9-18(15)21-17-8-6-14(13(4)20)10-16(17)19/h6,8,10-13,15,18H,5,7,9,20H2,1-4H3. The summed E-state index contributed by atoms with van der Waals surface area (Å²) in [6, 6.07) is 6.26. The molecule has 1 aliphatic carbocycles. The molecule has 2 N–H and O–H groups in total. The molecule has 0 radical (unpaired) electrons. The van der Waals surface area contributed by atoms with Crippen LogP contribution < -0.4 is 10.5 Å². The summed E-state index contributed by atoms with van der Waals surface area (Å²) in [6.45, 7) is 8.96. The van der Waals surface area contributed by atoms with Crippen LogP contribution in [0.5, 0.6) is 5.75 Å². The summed E-state index contributed by atoms with van der Waals surface area (Å²) < 4.78 is 7.39. The second-order valence-electron chi connectivity index (χ2n) is 6.96. The lowest BCUT2D eigenvalue weighted by molar-refractivity contribution is 0.0454. The lowest BCUT2D eigenvalue weighted by Gasteiger charge is -2.37. The van der Waals surface area contributed by atoms with Crippen molar-refractivity contribution in [1.82, 2.24) is 0 Å². The van der Waals surface area contributed by atoms with E-state index in [1.165, 1.54) is 12.8 Å². The van der Waals surface area contributed by atoms with Crippen LogP contribution in [0, 0.1) is 17.8 Å². The van der Waals surface area contributed by atoms with E-state index in [2.05, 4.69) is 54.9 Å². The van der Waals surface area contributed by atoms with E-state index >= 15 is 0 Å². The predicted octanol–water partition coefficient (Wildman–Crippen LogP) is 5.31. The summed E-state index contributed by atoms with van der Waals surface area (Å²) >= 11 is 3.63. The van der Waals surface area contributed by atoms with Crippen molar-refractivity contribution in [2.45, 2.75) is 59.1 Å². The Morgan fingerprint density at radius 2 is 1.95 bits per heavy atom. The molecule has 1 fully saturated rings. The number of ether oxygens (including phenoxy) is 1. The van der Waals surface area contributed by atoms with Crippen LogP contribution >= 0.6 is 15.9 Å². The van der Waals surface area contributed by atoms with Gasteiger partial charge in [-0.3, -0.25) is 0 Å². The molecule has 1 saturated carbocycles. The first-order chi connectivity index (χ1) is 9.88. The minimum Gasteiger partial charge on any atom is -0.489 e. The Morgan fingerprint density at radius 1 is 1.24 bits per heavy atom. The molecule has 0 saturated heterocycles. The van der Waals surface area contributed by atoms with Gasteiger partial charge in [-0.2, -0.15) is 0 Å². The Hall–Kier alpha value is -0.540. The molecule has 0 aliphatic heterocycles. The number of rotatable bonds is 4. The smallest absolute Gasteiger partial charge is 0.133 e. The average molecular weight is 354 g/mol. The highest BCUT2D eigenvalue weighted by molar-refractivity contribution is 9.10. The maximum Gasteiger partial charge on any atom is 0.133 e. The maximum atomic E-state index is 6.38. The largest absolute Gasteiger partial charge is 0.489 e. The second kappa shape index (κ2) is 7.15. The molecule has 4 atom stereocenters. The first kappa shape index (κ1) is 16.8. The van der Waals surface area contributed by atoms with Gasteiger partial charge in [-0.25, -0.2) is 0 Å². The number of nitrogens with two attached hydrogens (primary N) is 1. The lowest BCUT2D eigenvalue weighted by Crippen LogP contribution is -2.36. The minimum atomic E-state index is 0.0495. The van der Waals surface area contributed by atoms with Crippen molar-refractivity contribution in [2.24, 2.45) is 23.5 Å². The van der Waals surface area contributed by atoms with Crippen LogP contribution in [0.4, 0.5) is 0 Å². The Labute approximate surface area is 137 Å². The van der Waals surface area contributed by atoms with Crippen molar-refractivity contribution in [3.63, 3.8) is 0 Å². The number of hydrogen-bond acceptors (Lipinski definition) is 2. The third kappa shape index (κ3) is 4.23. The third-order valence-electron chi connectivity index (χ3n) is 4.72. The van der Waals surface area contributed by atoms with Crippen LogP contribution in [-0.2, 0) is 0 Å². The van der Waals surface area contributed by atoms with Gasteiger partial charge in [0.25, 0.3) is 0 Å². The fourth-order valence-electron chi connectivity index (χ4n) is 3.31. The van der Waals surface area contributed by atoms with Gasteiger partial charge in [0.2, 0.25) is 0 Å². The number of benzene rings is 1. The van der Waals surface area contributed by atoms with Gasteiger partial charge in [0.1, 0.15) is 11.9 Å². The molecule has 0 spiro atoms. The van der Waals surface area contributed by atoms with Gasteiger partial charge in [-0.05, 0) is 71.1 Å². The zero-order valence-electron chi connectivity index (χ0n) is 13.6. The highest BCUT2D eigenvalue weighted by Gasteiger charge is 2.32. The third-order valence-corrected chi connectivity index (χ3v) is 5.34. The van der Waals surface area contributed by atoms with Gasteiger partial charge in [0, 0.05) is 6.04 Å². The summed E-state index contributed by atoms with van der Waals surface area (Å²) in [6.07, 6.45) is 4.09. The van der Waals surface area contributed by atoms with Gasteiger partial charge in [0.05, 0.1) is 4.47 Å². The van der Waals surface area contributed by atoms with Crippen molar-refractivity contribution in [1.29, 1.82) is 0 Å². The first-order valence-electron chi connectivity index (χ1n) is 8.10. The van der Waals surface area contributed by atoms with E-state index in [0.717, 1.165) is 28.1 Å². The summed E-state index contributed by atoms with van der Waals surface area (Å²) in [4.78, 5) is 0. The highest BCUT2D eigenvalue weighted by atomic mass is 79.9. The van der Waals surface area contributed by atoms with Crippen molar-refractivity contribution in [3.8, 4) is 5.75 Å². The van der Waals surface area contributed by atoms with E-state index in [4.69, 9.17) is 10.5 Å².